The summed E-state index contributed by atoms with van der Waals surface area (Å²) in [4.78, 5) is 48.9. The highest BCUT2D eigenvalue weighted by Gasteiger charge is 2.72. The maximum atomic E-state index is 12.7. The Hall–Kier alpha value is -2.16. The molecular formula is C36H59NO8. The highest BCUT2D eigenvalue weighted by Crippen LogP contribution is 2.76. The van der Waals surface area contributed by atoms with E-state index < -0.39 is 5.60 Å². The molecule has 0 aliphatic heterocycles. The van der Waals surface area contributed by atoms with Crippen molar-refractivity contribution in [1.82, 2.24) is 5.32 Å². The van der Waals surface area contributed by atoms with Crippen molar-refractivity contribution in [3.63, 3.8) is 0 Å². The minimum atomic E-state index is -0.742. The second kappa shape index (κ2) is 12.8. The van der Waals surface area contributed by atoms with Crippen molar-refractivity contribution < 1.29 is 38.1 Å². The molecule has 45 heavy (non-hydrogen) atoms. The van der Waals surface area contributed by atoms with Crippen molar-refractivity contribution in [2.24, 2.45) is 45.3 Å². The van der Waals surface area contributed by atoms with Crippen LogP contribution in [0.2, 0.25) is 0 Å². The van der Waals surface area contributed by atoms with Crippen LogP contribution >= 0.6 is 0 Å². The zero-order chi connectivity index (χ0) is 33.6. The Labute approximate surface area is 270 Å². The van der Waals surface area contributed by atoms with Gasteiger partial charge >= 0.3 is 23.9 Å². The number of nitrogens with one attached hydrogen (secondary N) is 1. The zero-order valence-corrected chi connectivity index (χ0v) is 29.5. The SMILES string of the molecule is COC(=O)CNCCC[C@](C)(OC(C)=O)C1CC[C@]2(C)[C@@H]1C(OC(C)=O)CC1[C@@]3(C)CC[C@H](OC(C)=O)C(C)(C)C3CC[C@]12C. The van der Waals surface area contributed by atoms with Crippen LogP contribution in [0.3, 0.4) is 0 Å². The van der Waals surface area contributed by atoms with E-state index in [0.29, 0.717) is 24.8 Å². The van der Waals surface area contributed by atoms with E-state index in [1.165, 1.54) is 27.9 Å². The van der Waals surface area contributed by atoms with Gasteiger partial charge in [-0.3, -0.25) is 19.2 Å². The van der Waals surface area contributed by atoms with Gasteiger partial charge in [0.2, 0.25) is 0 Å². The van der Waals surface area contributed by atoms with Gasteiger partial charge in [0.15, 0.2) is 0 Å². The number of methoxy groups -OCH3 is 1. The Balaban J connectivity index is 1.68. The number of carbonyl (C=O) groups is 4. The molecule has 0 saturated heterocycles. The number of ether oxygens (including phenoxy) is 4. The molecule has 0 bridgehead atoms. The first-order valence-electron chi connectivity index (χ1n) is 17.2. The molecule has 0 aromatic carbocycles. The largest absolute Gasteiger partial charge is 0.468 e. The van der Waals surface area contributed by atoms with Crippen molar-refractivity contribution in [2.45, 2.75) is 138 Å². The van der Waals surface area contributed by atoms with Gasteiger partial charge in [-0.2, -0.15) is 0 Å². The Morgan fingerprint density at radius 3 is 2.07 bits per heavy atom. The first-order valence-corrected chi connectivity index (χ1v) is 17.2. The third-order valence-corrected chi connectivity index (χ3v) is 13.6. The normalized spacial score (nSPS) is 39.7. The van der Waals surface area contributed by atoms with E-state index in [2.05, 4.69) is 46.9 Å². The average Bonchev–Trinajstić information content (AvgIpc) is 3.30. The van der Waals surface area contributed by atoms with Gasteiger partial charge in [0.05, 0.1) is 13.7 Å². The number of carbonyl (C=O) groups excluding carboxylic acids is 4. The Morgan fingerprint density at radius 1 is 0.822 bits per heavy atom. The molecule has 4 rings (SSSR count). The van der Waals surface area contributed by atoms with Gasteiger partial charge in [-0.05, 0) is 99.3 Å². The van der Waals surface area contributed by atoms with Gasteiger partial charge in [-0.25, -0.2) is 0 Å². The summed E-state index contributed by atoms with van der Waals surface area (Å²) in [6.07, 6.45) is 7.55. The predicted molar refractivity (Wildman–Crippen MR) is 170 cm³/mol. The van der Waals surface area contributed by atoms with E-state index in [1.54, 1.807) is 0 Å². The van der Waals surface area contributed by atoms with Gasteiger partial charge in [-0.1, -0.05) is 34.6 Å². The van der Waals surface area contributed by atoms with Crippen LogP contribution in [0.15, 0.2) is 0 Å². The predicted octanol–water partition coefficient (Wildman–Crippen LogP) is 6.01. The molecule has 0 radical (unpaired) electrons. The van der Waals surface area contributed by atoms with Crippen LogP contribution in [-0.4, -0.2) is 61.9 Å². The lowest BCUT2D eigenvalue weighted by Gasteiger charge is -2.70. The summed E-state index contributed by atoms with van der Waals surface area (Å²) < 4.78 is 23.2. The number of rotatable bonds is 10. The smallest absolute Gasteiger partial charge is 0.319 e. The van der Waals surface area contributed by atoms with Crippen LogP contribution < -0.4 is 5.32 Å². The van der Waals surface area contributed by atoms with Crippen molar-refractivity contribution in [3.05, 3.63) is 0 Å². The molecule has 9 nitrogen and oxygen atoms in total. The summed E-state index contributed by atoms with van der Waals surface area (Å²) in [5.74, 6) is -0.339. The first kappa shape index (κ1) is 35.7. The fraction of sp³-hybridized carbons (Fsp3) is 0.889. The minimum Gasteiger partial charge on any atom is -0.468 e. The summed E-state index contributed by atoms with van der Waals surface area (Å²) >= 11 is 0. The maximum Gasteiger partial charge on any atom is 0.319 e. The lowest BCUT2D eigenvalue weighted by Crippen LogP contribution is -2.67. The van der Waals surface area contributed by atoms with E-state index in [0.717, 1.165) is 51.4 Å². The Bertz CT molecular complexity index is 1150. The van der Waals surface area contributed by atoms with E-state index in [-0.39, 0.29) is 76.1 Å². The van der Waals surface area contributed by atoms with E-state index >= 15 is 0 Å². The van der Waals surface area contributed by atoms with Crippen LogP contribution in [-0.2, 0) is 38.1 Å². The molecule has 0 aromatic rings. The summed E-state index contributed by atoms with van der Waals surface area (Å²) in [7, 11) is 1.37. The quantitative estimate of drug-likeness (QED) is 0.175. The molecular weight excluding hydrogens is 574 g/mol. The van der Waals surface area contributed by atoms with Gasteiger partial charge in [-0.15, -0.1) is 0 Å². The molecule has 4 aliphatic carbocycles. The third-order valence-electron chi connectivity index (χ3n) is 13.6. The van der Waals surface area contributed by atoms with Crippen molar-refractivity contribution in [1.29, 1.82) is 0 Å². The van der Waals surface area contributed by atoms with Gasteiger partial charge < -0.3 is 24.3 Å². The van der Waals surface area contributed by atoms with E-state index in [4.69, 9.17) is 18.9 Å². The number of esters is 4. The van der Waals surface area contributed by atoms with Gasteiger partial charge in [0.25, 0.3) is 0 Å². The summed E-state index contributed by atoms with van der Waals surface area (Å²) in [6, 6.07) is 0. The topological polar surface area (TPSA) is 117 Å². The van der Waals surface area contributed by atoms with Crippen LogP contribution in [0, 0.1) is 45.3 Å². The highest BCUT2D eigenvalue weighted by molar-refractivity contribution is 5.71. The lowest BCUT2D eigenvalue weighted by atomic mass is 9.35. The molecule has 9 heteroatoms. The van der Waals surface area contributed by atoms with Crippen LogP contribution in [0.25, 0.3) is 0 Å². The number of hydrogen-bond acceptors (Lipinski definition) is 9. The molecule has 4 fully saturated rings. The average molecular weight is 634 g/mol. The van der Waals surface area contributed by atoms with Crippen LogP contribution in [0.1, 0.15) is 120 Å². The molecule has 0 amide bonds. The molecule has 0 aromatic heterocycles. The fourth-order valence-corrected chi connectivity index (χ4v) is 11.6. The molecule has 256 valence electrons. The van der Waals surface area contributed by atoms with Crippen LogP contribution in [0.5, 0.6) is 0 Å². The number of fused-ring (bicyclic) bond motifs is 5. The van der Waals surface area contributed by atoms with E-state index in [9.17, 15) is 19.2 Å². The minimum absolute atomic E-state index is 0.00209. The van der Waals surface area contributed by atoms with Gasteiger partial charge in [0, 0.05) is 38.0 Å². The van der Waals surface area contributed by atoms with Crippen molar-refractivity contribution in [3.8, 4) is 0 Å². The molecule has 4 aliphatic rings. The second-order valence-corrected chi connectivity index (χ2v) is 16.3. The summed E-state index contributed by atoms with van der Waals surface area (Å²) in [6.45, 7) is 19.2. The summed E-state index contributed by atoms with van der Waals surface area (Å²) in [5.41, 5.74) is -1.03. The number of hydrogen-bond donors (Lipinski definition) is 1. The lowest BCUT2D eigenvalue weighted by molar-refractivity contribution is -0.253. The van der Waals surface area contributed by atoms with Crippen LogP contribution in [0.4, 0.5) is 0 Å². The van der Waals surface area contributed by atoms with Crippen molar-refractivity contribution >= 4 is 23.9 Å². The molecule has 4 saturated carbocycles. The molecule has 0 heterocycles. The van der Waals surface area contributed by atoms with Crippen molar-refractivity contribution in [2.75, 3.05) is 20.2 Å². The van der Waals surface area contributed by atoms with Gasteiger partial charge in [0.1, 0.15) is 17.8 Å². The second-order valence-electron chi connectivity index (χ2n) is 16.3. The standard InChI is InChI=1S/C36H59NO8/c1-22(38)43-26-20-28-33(6)16-14-29(44-23(2)39)32(4,5)27(33)13-18-34(28,7)35(8)17-12-25(31(26)35)36(9,45-24(3)40)15-11-19-37-21-30(41)42-10/h25-29,31,37H,11-21H2,1-10H3/t25?,26?,27?,28?,29-,31-,33-,34+,35+,36-/m0/s1. The zero-order valence-electron chi connectivity index (χ0n) is 29.5. The summed E-state index contributed by atoms with van der Waals surface area (Å²) in [5, 5.41) is 3.13. The fourth-order valence-electron chi connectivity index (χ4n) is 11.6. The Morgan fingerprint density at radius 2 is 1.47 bits per heavy atom. The molecule has 1 N–H and O–H groups in total. The molecule has 10 atom stereocenters. The maximum absolute atomic E-state index is 12.7. The monoisotopic (exact) mass is 633 g/mol. The van der Waals surface area contributed by atoms with E-state index in [1.807, 2.05) is 0 Å². The molecule has 4 unspecified atom stereocenters. The first-order chi connectivity index (χ1) is 20.9. The molecule has 0 spiro atoms. The highest BCUT2D eigenvalue weighted by atomic mass is 16.6. The Kier molecular flexibility index (Phi) is 10.2. The third kappa shape index (κ3) is 6.28.